The van der Waals surface area contributed by atoms with Gasteiger partial charge in [-0.2, -0.15) is 0 Å². The minimum absolute atomic E-state index is 0.0236. The van der Waals surface area contributed by atoms with Gasteiger partial charge < -0.3 is 9.80 Å². The quantitative estimate of drug-likeness (QED) is 0.518. The van der Waals surface area contributed by atoms with Crippen molar-refractivity contribution in [2.45, 2.75) is 32.2 Å². The highest BCUT2D eigenvalue weighted by Gasteiger charge is 2.29. The molecule has 158 valence electrons. The van der Waals surface area contributed by atoms with Crippen LogP contribution in [0.4, 0.5) is 5.69 Å². The third-order valence-electron chi connectivity index (χ3n) is 5.64. The molecule has 1 heterocycles. The van der Waals surface area contributed by atoms with Crippen LogP contribution < -0.4 is 0 Å². The van der Waals surface area contributed by atoms with Crippen LogP contribution in [-0.4, -0.2) is 46.7 Å². The van der Waals surface area contributed by atoms with Gasteiger partial charge in [0.2, 0.25) is 11.8 Å². The van der Waals surface area contributed by atoms with Gasteiger partial charge in [-0.25, -0.2) is 0 Å². The Hall–Kier alpha value is -3.22. The van der Waals surface area contributed by atoms with E-state index in [1.165, 1.54) is 6.07 Å². The lowest BCUT2D eigenvalue weighted by molar-refractivity contribution is -0.385. The van der Waals surface area contributed by atoms with Gasteiger partial charge >= 0.3 is 0 Å². The summed E-state index contributed by atoms with van der Waals surface area (Å²) in [5.74, 6) is -0.0569. The zero-order chi connectivity index (χ0) is 21.5. The molecule has 1 saturated heterocycles. The van der Waals surface area contributed by atoms with Gasteiger partial charge in [0.05, 0.1) is 11.5 Å². The van der Waals surface area contributed by atoms with Crippen LogP contribution in [0.1, 0.15) is 30.4 Å². The Bertz CT molecular complexity index is 892. The Balaban J connectivity index is 1.49. The molecule has 0 N–H and O–H groups in total. The van der Waals surface area contributed by atoms with Crippen molar-refractivity contribution in [1.29, 1.82) is 0 Å². The number of rotatable bonds is 7. The van der Waals surface area contributed by atoms with Crippen LogP contribution in [0.15, 0.2) is 54.6 Å². The Kier molecular flexibility index (Phi) is 7.17. The fourth-order valence-electron chi connectivity index (χ4n) is 3.90. The maximum Gasteiger partial charge on any atom is 0.274 e. The summed E-state index contributed by atoms with van der Waals surface area (Å²) in [7, 11) is 1.68. The normalized spacial score (nSPS) is 14.4. The average Bonchev–Trinajstić information content (AvgIpc) is 2.78. The molecule has 30 heavy (non-hydrogen) atoms. The topological polar surface area (TPSA) is 83.8 Å². The summed E-state index contributed by atoms with van der Waals surface area (Å²) >= 11 is 0. The molecule has 0 saturated carbocycles. The second-order valence-corrected chi connectivity index (χ2v) is 7.72. The molecule has 0 aromatic heterocycles. The number of amides is 2. The number of piperidine rings is 1. The van der Waals surface area contributed by atoms with Gasteiger partial charge in [-0.15, -0.1) is 0 Å². The number of carbonyl (C=O) groups excluding carboxylic acids is 2. The van der Waals surface area contributed by atoms with E-state index in [0.717, 1.165) is 12.0 Å². The lowest BCUT2D eigenvalue weighted by atomic mass is 9.94. The Morgan fingerprint density at radius 3 is 2.37 bits per heavy atom. The monoisotopic (exact) mass is 409 g/mol. The molecule has 1 fully saturated rings. The molecule has 2 aromatic rings. The lowest BCUT2D eigenvalue weighted by Gasteiger charge is -2.33. The van der Waals surface area contributed by atoms with Crippen LogP contribution in [0.2, 0.25) is 0 Å². The largest absolute Gasteiger partial charge is 0.343 e. The number of benzene rings is 2. The number of nitro groups is 1. The maximum atomic E-state index is 12.8. The summed E-state index contributed by atoms with van der Waals surface area (Å²) < 4.78 is 0. The molecule has 7 nitrogen and oxygen atoms in total. The first-order valence-electron chi connectivity index (χ1n) is 10.2. The molecule has 0 bridgehead atoms. The van der Waals surface area contributed by atoms with Gasteiger partial charge in [-0.05, 0) is 24.8 Å². The van der Waals surface area contributed by atoms with Crippen molar-refractivity contribution < 1.29 is 14.5 Å². The molecular formula is C23H27N3O4. The van der Waals surface area contributed by atoms with Crippen LogP contribution in [0.5, 0.6) is 0 Å². The average molecular weight is 409 g/mol. The number of hydrogen-bond donors (Lipinski definition) is 0. The van der Waals surface area contributed by atoms with Gasteiger partial charge in [-0.1, -0.05) is 48.5 Å². The third kappa shape index (κ3) is 5.43. The van der Waals surface area contributed by atoms with Gasteiger partial charge in [0.1, 0.15) is 0 Å². The van der Waals surface area contributed by atoms with Crippen molar-refractivity contribution in [3.63, 3.8) is 0 Å². The van der Waals surface area contributed by atoms with Crippen LogP contribution >= 0.6 is 0 Å². The van der Waals surface area contributed by atoms with E-state index in [1.807, 2.05) is 35.2 Å². The van der Waals surface area contributed by atoms with E-state index in [1.54, 1.807) is 30.1 Å². The molecule has 0 atom stereocenters. The summed E-state index contributed by atoms with van der Waals surface area (Å²) in [5, 5.41) is 11.2. The third-order valence-corrected chi connectivity index (χ3v) is 5.64. The molecule has 0 spiro atoms. The van der Waals surface area contributed by atoms with Gasteiger partial charge in [0, 0.05) is 44.1 Å². The second kappa shape index (κ2) is 10.0. The number of para-hydroxylation sites is 1. The molecular weight excluding hydrogens is 382 g/mol. The molecule has 0 aliphatic carbocycles. The van der Waals surface area contributed by atoms with Gasteiger partial charge in [0.15, 0.2) is 0 Å². The number of aryl methyl sites for hydroxylation is 1. The van der Waals surface area contributed by atoms with Gasteiger partial charge in [-0.3, -0.25) is 19.7 Å². The van der Waals surface area contributed by atoms with E-state index < -0.39 is 4.92 Å². The highest BCUT2D eigenvalue weighted by Crippen LogP contribution is 2.23. The summed E-state index contributed by atoms with van der Waals surface area (Å²) in [6.45, 7) is 1.35. The summed E-state index contributed by atoms with van der Waals surface area (Å²) in [6, 6.07) is 16.4. The number of nitro benzene ring substituents is 1. The highest BCUT2D eigenvalue weighted by molar-refractivity contribution is 5.80. The molecule has 1 aliphatic heterocycles. The summed E-state index contributed by atoms with van der Waals surface area (Å²) in [4.78, 5) is 39.5. The van der Waals surface area contributed by atoms with E-state index in [0.29, 0.717) is 37.9 Å². The second-order valence-electron chi connectivity index (χ2n) is 7.72. The molecule has 0 unspecified atom stereocenters. The predicted molar refractivity (Wildman–Crippen MR) is 114 cm³/mol. The Morgan fingerprint density at radius 1 is 1.07 bits per heavy atom. The first-order valence-corrected chi connectivity index (χ1v) is 10.2. The Morgan fingerprint density at radius 2 is 1.70 bits per heavy atom. The van der Waals surface area contributed by atoms with Crippen LogP contribution in [0.3, 0.4) is 0 Å². The molecule has 0 radical (unpaired) electrons. The predicted octanol–water partition coefficient (Wildman–Crippen LogP) is 3.42. The number of carbonyl (C=O) groups is 2. The number of hydrogen-bond acceptors (Lipinski definition) is 4. The van der Waals surface area contributed by atoms with Crippen molar-refractivity contribution in [2.75, 3.05) is 20.1 Å². The first-order chi connectivity index (χ1) is 14.5. The number of likely N-dealkylation sites (tertiary alicyclic amines) is 1. The standard InChI is InChI=1S/C23H27N3O4/c1-24(17-20-9-5-6-10-21(20)26(29)30)23(28)19-13-15-25(16-14-19)22(27)12-11-18-7-3-2-4-8-18/h2-10,19H,11-17H2,1H3. The fourth-order valence-corrected chi connectivity index (χ4v) is 3.90. The van der Waals surface area contributed by atoms with E-state index in [-0.39, 0.29) is 30.0 Å². The molecule has 2 amide bonds. The zero-order valence-corrected chi connectivity index (χ0v) is 17.2. The highest BCUT2D eigenvalue weighted by atomic mass is 16.6. The minimum atomic E-state index is -0.423. The van der Waals surface area contributed by atoms with Crippen molar-refractivity contribution in [3.8, 4) is 0 Å². The molecule has 3 rings (SSSR count). The number of nitrogens with zero attached hydrogens (tertiary/aromatic N) is 3. The summed E-state index contributed by atoms with van der Waals surface area (Å²) in [6.07, 6.45) is 2.44. The van der Waals surface area contributed by atoms with Crippen LogP contribution in [0.25, 0.3) is 0 Å². The van der Waals surface area contributed by atoms with Crippen LogP contribution in [0, 0.1) is 16.0 Å². The first kappa shape index (κ1) is 21.5. The molecule has 1 aliphatic rings. The summed E-state index contributed by atoms with van der Waals surface area (Å²) in [5.41, 5.74) is 1.69. The van der Waals surface area contributed by atoms with Crippen molar-refractivity contribution in [1.82, 2.24) is 9.80 Å². The minimum Gasteiger partial charge on any atom is -0.343 e. The fraction of sp³-hybridized carbons (Fsp3) is 0.391. The SMILES string of the molecule is CN(Cc1ccccc1[N+](=O)[O-])C(=O)C1CCN(C(=O)CCc2ccccc2)CC1. The van der Waals surface area contributed by atoms with Crippen molar-refractivity contribution >= 4 is 17.5 Å². The van der Waals surface area contributed by atoms with E-state index in [2.05, 4.69) is 0 Å². The zero-order valence-electron chi connectivity index (χ0n) is 17.2. The van der Waals surface area contributed by atoms with E-state index in [9.17, 15) is 19.7 Å². The van der Waals surface area contributed by atoms with Gasteiger partial charge in [0.25, 0.3) is 5.69 Å². The maximum absolute atomic E-state index is 12.8. The molecule has 7 heteroatoms. The van der Waals surface area contributed by atoms with Crippen molar-refractivity contribution in [2.24, 2.45) is 5.92 Å². The smallest absolute Gasteiger partial charge is 0.274 e. The van der Waals surface area contributed by atoms with Crippen molar-refractivity contribution in [3.05, 3.63) is 75.8 Å². The lowest BCUT2D eigenvalue weighted by Crippen LogP contribution is -2.43. The Labute approximate surface area is 176 Å². The molecule has 2 aromatic carbocycles. The van der Waals surface area contributed by atoms with E-state index in [4.69, 9.17) is 0 Å². The van der Waals surface area contributed by atoms with Crippen LogP contribution in [-0.2, 0) is 22.6 Å². The van der Waals surface area contributed by atoms with E-state index >= 15 is 0 Å².